The minimum Gasteiger partial charge on any atom is -0.351 e. The Morgan fingerprint density at radius 2 is 2.17 bits per heavy atom. The minimum absolute atomic E-state index is 0.153. The van der Waals surface area contributed by atoms with Crippen molar-refractivity contribution in [2.24, 2.45) is 0 Å². The minimum atomic E-state index is -0.297. The molecule has 0 aliphatic carbocycles. The molecule has 0 bridgehead atoms. The lowest BCUT2D eigenvalue weighted by Gasteiger charge is -2.04. The average molecular weight is 242 g/mol. The number of rotatable bonds is 5. The molecular weight excluding hydrogens is 224 g/mol. The zero-order chi connectivity index (χ0) is 13.4. The van der Waals surface area contributed by atoms with E-state index in [0.717, 1.165) is 24.0 Å². The molecule has 0 radical (unpaired) electrons. The van der Waals surface area contributed by atoms with E-state index < -0.39 is 0 Å². The van der Waals surface area contributed by atoms with E-state index in [1.54, 1.807) is 6.08 Å². The first kappa shape index (κ1) is 14.0. The summed E-state index contributed by atoms with van der Waals surface area (Å²) in [5.41, 5.74) is 2.10. The van der Waals surface area contributed by atoms with E-state index in [1.165, 1.54) is 0 Å². The summed E-state index contributed by atoms with van der Waals surface area (Å²) in [6.07, 6.45) is 3.58. The normalized spacial score (nSPS) is 10.8. The van der Waals surface area contributed by atoms with Gasteiger partial charge in [-0.2, -0.15) is 5.26 Å². The molecule has 1 aromatic carbocycles. The van der Waals surface area contributed by atoms with Crippen LogP contribution in [0.2, 0.25) is 0 Å². The first-order valence-corrected chi connectivity index (χ1v) is 6.14. The number of hydrogen-bond donors (Lipinski definition) is 1. The van der Waals surface area contributed by atoms with E-state index in [4.69, 9.17) is 5.26 Å². The number of carbonyl (C=O) groups is 1. The summed E-state index contributed by atoms with van der Waals surface area (Å²) in [5.74, 6) is -0.297. The Balaban J connectivity index is 2.81. The zero-order valence-corrected chi connectivity index (χ0v) is 10.9. The van der Waals surface area contributed by atoms with Crippen molar-refractivity contribution in [2.75, 3.05) is 6.54 Å². The third kappa shape index (κ3) is 4.06. The highest BCUT2D eigenvalue weighted by Gasteiger charge is 2.08. The van der Waals surface area contributed by atoms with Crippen LogP contribution in [0, 0.1) is 18.3 Å². The van der Waals surface area contributed by atoms with Gasteiger partial charge in [-0.3, -0.25) is 4.79 Å². The van der Waals surface area contributed by atoms with E-state index in [-0.39, 0.29) is 11.5 Å². The molecule has 94 valence electrons. The van der Waals surface area contributed by atoms with Crippen LogP contribution in [0.5, 0.6) is 0 Å². The van der Waals surface area contributed by atoms with Gasteiger partial charge in [0.15, 0.2) is 0 Å². The van der Waals surface area contributed by atoms with Crippen molar-refractivity contribution in [3.63, 3.8) is 0 Å². The van der Waals surface area contributed by atoms with Gasteiger partial charge >= 0.3 is 0 Å². The molecule has 3 heteroatoms. The molecule has 1 aromatic rings. The number of amides is 1. The van der Waals surface area contributed by atoms with Crippen molar-refractivity contribution in [3.05, 3.63) is 41.0 Å². The predicted octanol–water partition coefficient (Wildman–Crippen LogP) is 2.82. The van der Waals surface area contributed by atoms with Crippen LogP contribution >= 0.6 is 0 Å². The second kappa shape index (κ2) is 7.29. The van der Waals surface area contributed by atoms with E-state index in [2.05, 4.69) is 12.2 Å². The smallest absolute Gasteiger partial charge is 0.261 e. The lowest BCUT2D eigenvalue weighted by atomic mass is 10.1. The summed E-state index contributed by atoms with van der Waals surface area (Å²) >= 11 is 0. The van der Waals surface area contributed by atoms with Gasteiger partial charge in [0, 0.05) is 6.54 Å². The number of nitriles is 1. The van der Waals surface area contributed by atoms with E-state index >= 15 is 0 Å². The van der Waals surface area contributed by atoms with E-state index in [0.29, 0.717) is 6.54 Å². The van der Waals surface area contributed by atoms with Crippen LogP contribution < -0.4 is 5.32 Å². The Kier molecular flexibility index (Phi) is 5.66. The van der Waals surface area contributed by atoms with Gasteiger partial charge in [-0.15, -0.1) is 0 Å². The molecule has 1 amide bonds. The summed E-state index contributed by atoms with van der Waals surface area (Å²) in [5, 5.41) is 11.8. The number of nitrogens with one attached hydrogen (secondary N) is 1. The third-order valence-electron chi connectivity index (χ3n) is 2.67. The maximum atomic E-state index is 11.8. The molecule has 1 N–H and O–H groups in total. The second-order valence-corrected chi connectivity index (χ2v) is 4.14. The van der Waals surface area contributed by atoms with Crippen LogP contribution in [-0.4, -0.2) is 12.5 Å². The Hall–Kier alpha value is -2.08. The highest BCUT2D eigenvalue weighted by atomic mass is 16.1. The van der Waals surface area contributed by atoms with E-state index in [9.17, 15) is 4.79 Å². The van der Waals surface area contributed by atoms with Gasteiger partial charge in [0.25, 0.3) is 5.91 Å². The number of hydrogen-bond acceptors (Lipinski definition) is 2. The SMILES string of the molecule is CCCCNC(=O)/C(C#N)=C/c1ccccc1C. The van der Waals surface area contributed by atoms with Gasteiger partial charge in [0.1, 0.15) is 11.6 Å². The third-order valence-corrected chi connectivity index (χ3v) is 2.67. The quantitative estimate of drug-likeness (QED) is 0.490. The highest BCUT2D eigenvalue weighted by molar-refractivity contribution is 6.01. The average Bonchev–Trinajstić information content (AvgIpc) is 2.38. The number of aryl methyl sites for hydroxylation is 1. The number of carbonyl (C=O) groups excluding carboxylic acids is 1. The van der Waals surface area contributed by atoms with Crippen LogP contribution in [-0.2, 0) is 4.79 Å². The van der Waals surface area contributed by atoms with Gasteiger partial charge in [-0.05, 0) is 30.5 Å². The number of nitrogens with zero attached hydrogens (tertiary/aromatic N) is 1. The lowest BCUT2D eigenvalue weighted by Crippen LogP contribution is -2.25. The van der Waals surface area contributed by atoms with Crippen LogP contribution in [0.1, 0.15) is 30.9 Å². The largest absolute Gasteiger partial charge is 0.351 e. The number of unbranched alkanes of at least 4 members (excludes halogenated alkanes) is 1. The highest BCUT2D eigenvalue weighted by Crippen LogP contribution is 2.11. The van der Waals surface area contributed by atoms with Gasteiger partial charge in [-0.25, -0.2) is 0 Å². The van der Waals surface area contributed by atoms with Crippen molar-refractivity contribution in [3.8, 4) is 6.07 Å². The topological polar surface area (TPSA) is 52.9 Å². The first-order valence-electron chi connectivity index (χ1n) is 6.14. The van der Waals surface area contributed by atoms with Gasteiger partial charge in [0.2, 0.25) is 0 Å². The molecule has 0 saturated carbocycles. The molecule has 0 saturated heterocycles. The first-order chi connectivity index (χ1) is 8.69. The van der Waals surface area contributed by atoms with Crippen LogP contribution in [0.15, 0.2) is 29.8 Å². The molecule has 0 aromatic heterocycles. The van der Waals surface area contributed by atoms with Gasteiger partial charge in [0.05, 0.1) is 0 Å². The summed E-state index contributed by atoms with van der Waals surface area (Å²) in [7, 11) is 0. The van der Waals surface area contributed by atoms with Gasteiger partial charge in [-0.1, -0.05) is 37.6 Å². The number of benzene rings is 1. The fraction of sp³-hybridized carbons (Fsp3) is 0.333. The lowest BCUT2D eigenvalue weighted by molar-refractivity contribution is -0.117. The summed E-state index contributed by atoms with van der Waals surface area (Å²) in [4.78, 5) is 11.8. The van der Waals surface area contributed by atoms with Crippen molar-refractivity contribution < 1.29 is 4.79 Å². The zero-order valence-electron chi connectivity index (χ0n) is 10.9. The maximum Gasteiger partial charge on any atom is 0.261 e. The molecule has 0 aliphatic rings. The monoisotopic (exact) mass is 242 g/mol. The molecule has 0 fully saturated rings. The Morgan fingerprint density at radius 1 is 1.44 bits per heavy atom. The Bertz CT molecular complexity index is 484. The molecule has 0 aliphatic heterocycles. The molecule has 3 nitrogen and oxygen atoms in total. The Labute approximate surface area is 108 Å². The molecule has 0 unspecified atom stereocenters. The molecule has 0 spiro atoms. The van der Waals surface area contributed by atoms with E-state index in [1.807, 2.05) is 37.3 Å². The molecule has 0 atom stereocenters. The molecule has 18 heavy (non-hydrogen) atoms. The summed E-state index contributed by atoms with van der Waals surface area (Å²) in [6, 6.07) is 9.62. The Morgan fingerprint density at radius 3 is 2.78 bits per heavy atom. The maximum absolute atomic E-state index is 11.8. The second-order valence-electron chi connectivity index (χ2n) is 4.14. The van der Waals surface area contributed by atoms with Crippen molar-refractivity contribution in [1.29, 1.82) is 5.26 Å². The van der Waals surface area contributed by atoms with Gasteiger partial charge < -0.3 is 5.32 Å². The molecular formula is C15H18N2O. The summed E-state index contributed by atoms with van der Waals surface area (Å²) in [6.45, 7) is 4.62. The van der Waals surface area contributed by atoms with Crippen molar-refractivity contribution in [1.82, 2.24) is 5.32 Å². The molecule has 0 heterocycles. The fourth-order valence-corrected chi connectivity index (χ4v) is 1.53. The van der Waals surface area contributed by atoms with Crippen molar-refractivity contribution >= 4 is 12.0 Å². The molecule has 1 rings (SSSR count). The van der Waals surface area contributed by atoms with Crippen molar-refractivity contribution in [2.45, 2.75) is 26.7 Å². The van der Waals surface area contributed by atoms with Crippen LogP contribution in [0.4, 0.5) is 0 Å². The van der Waals surface area contributed by atoms with Crippen LogP contribution in [0.25, 0.3) is 6.08 Å². The standard InChI is InChI=1S/C15H18N2O/c1-3-4-9-17-15(18)14(11-16)10-13-8-6-5-7-12(13)2/h5-8,10H,3-4,9H2,1-2H3,(H,17,18)/b14-10+. The predicted molar refractivity (Wildman–Crippen MR) is 72.7 cm³/mol. The van der Waals surface area contributed by atoms with Crippen LogP contribution in [0.3, 0.4) is 0 Å². The summed E-state index contributed by atoms with van der Waals surface area (Å²) < 4.78 is 0. The fourth-order valence-electron chi connectivity index (χ4n) is 1.53.